The zero-order chi connectivity index (χ0) is 21.7. The van der Waals surface area contributed by atoms with E-state index in [4.69, 9.17) is 9.47 Å². The average Bonchev–Trinajstić information content (AvgIpc) is 2.75. The van der Waals surface area contributed by atoms with Crippen molar-refractivity contribution < 1.29 is 19.1 Å². The molecule has 0 aliphatic carbocycles. The first kappa shape index (κ1) is 21.2. The molecule has 156 valence electrons. The second-order valence-corrected chi connectivity index (χ2v) is 6.65. The number of anilines is 2. The van der Waals surface area contributed by atoms with Gasteiger partial charge in [0.25, 0.3) is 0 Å². The molecule has 2 aromatic carbocycles. The van der Waals surface area contributed by atoms with Crippen LogP contribution in [0.1, 0.15) is 27.7 Å². The molecule has 0 N–H and O–H groups in total. The zero-order valence-electron chi connectivity index (χ0n) is 17.7. The molecule has 6 heteroatoms. The Kier molecular flexibility index (Phi) is 6.57. The number of hydrogen-bond donors (Lipinski definition) is 0. The molecule has 0 spiro atoms. The van der Waals surface area contributed by atoms with E-state index in [2.05, 4.69) is 0 Å². The lowest BCUT2D eigenvalue weighted by Gasteiger charge is -2.40. The van der Waals surface area contributed by atoms with Gasteiger partial charge in [-0.1, -0.05) is 36.4 Å². The number of esters is 2. The van der Waals surface area contributed by atoms with Crippen LogP contribution in [-0.4, -0.2) is 25.2 Å². The SMILES string of the molecule is CCOC(=O)C1=C(C)N(c2ccccc2)C(C)=C(C(=O)OCC)N1c1ccccc1. The maximum Gasteiger partial charge on any atom is 0.357 e. The van der Waals surface area contributed by atoms with Crippen molar-refractivity contribution in [2.24, 2.45) is 0 Å². The summed E-state index contributed by atoms with van der Waals surface area (Å²) in [6.07, 6.45) is 0. The summed E-state index contributed by atoms with van der Waals surface area (Å²) in [7, 11) is 0. The third kappa shape index (κ3) is 3.94. The molecule has 0 amide bonds. The van der Waals surface area contributed by atoms with Gasteiger partial charge in [0.05, 0.1) is 24.6 Å². The van der Waals surface area contributed by atoms with Gasteiger partial charge in [0.15, 0.2) is 11.4 Å². The van der Waals surface area contributed by atoms with Crippen LogP contribution in [0.15, 0.2) is 83.5 Å². The predicted octanol–water partition coefficient (Wildman–Crippen LogP) is 4.60. The molecular formula is C24H26N2O4. The molecule has 30 heavy (non-hydrogen) atoms. The number of carbonyl (C=O) groups excluding carboxylic acids is 2. The standard InChI is InChI=1S/C24H26N2O4/c1-5-29-23(27)21-17(3)25(19-13-9-7-10-14-19)18(4)22(24(28)30-6-2)26(21)20-15-11-8-12-16-20/h7-16H,5-6H2,1-4H3. The van der Waals surface area contributed by atoms with E-state index in [1.807, 2.05) is 79.4 Å². The highest BCUT2D eigenvalue weighted by atomic mass is 16.5. The van der Waals surface area contributed by atoms with Crippen molar-refractivity contribution >= 4 is 23.3 Å². The third-order valence-corrected chi connectivity index (χ3v) is 4.77. The first-order valence-corrected chi connectivity index (χ1v) is 9.97. The second-order valence-electron chi connectivity index (χ2n) is 6.65. The van der Waals surface area contributed by atoms with E-state index in [9.17, 15) is 9.59 Å². The Balaban J connectivity index is 2.30. The van der Waals surface area contributed by atoms with Gasteiger partial charge in [-0.3, -0.25) is 4.90 Å². The van der Waals surface area contributed by atoms with E-state index in [-0.39, 0.29) is 24.6 Å². The van der Waals surface area contributed by atoms with Crippen molar-refractivity contribution in [3.8, 4) is 0 Å². The van der Waals surface area contributed by atoms with E-state index >= 15 is 0 Å². The van der Waals surface area contributed by atoms with Crippen molar-refractivity contribution in [1.29, 1.82) is 0 Å². The van der Waals surface area contributed by atoms with Crippen LogP contribution in [0.3, 0.4) is 0 Å². The van der Waals surface area contributed by atoms with E-state index in [0.29, 0.717) is 17.1 Å². The molecule has 0 unspecified atom stereocenters. The molecule has 1 aliphatic rings. The van der Waals surface area contributed by atoms with Gasteiger partial charge in [-0.15, -0.1) is 0 Å². The third-order valence-electron chi connectivity index (χ3n) is 4.77. The highest BCUT2D eigenvalue weighted by Crippen LogP contribution is 2.38. The molecule has 0 aromatic heterocycles. The van der Waals surface area contributed by atoms with Gasteiger partial charge in [0, 0.05) is 11.4 Å². The molecule has 0 atom stereocenters. The van der Waals surface area contributed by atoms with Gasteiger partial charge >= 0.3 is 11.9 Å². The van der Waals surface area contributed by atoms with Crippen LogP contribution in [0.25, 0.3) is 0 Å². The molecule has 1 aliphatic heterocycles. The number of benzene rings is 2. The van der Waals surface area contributed by atoms with E-state index < -0.39 is 11.9 Å². The Morgan fingerprint density at radius 3 is 1.40 bits per heavy atom. The van der Waals surface area contributed by atoms with Crippen molar-refractivity contribution in [3.63, 3.8) is 0 Å². The van der Waals surface area contributed by atoms with Crippen LogP contribution < -0.4 is 9.80 Å². The number of hydrogen-bond acceptors (Lipinski definition) is 6. The van der Waals surface area contributed by atoms with Crippen LogP contribution in [0.4, 0.5) is 11.4 Å². The summed E-state index contributed by atoms with van der Waals surface area (Å²) in [5.41, 5.74) is 3.39. The van der Waals surface area contributed by atoms with Crippen LogP contribution in [0, 0.1) is 0 Å². The summed E-state index contributed by atoms with van der Waals surface area (Å²) in [5, 5.41) is 0. The average molecular weight is 406 g/mol. The number of para-hydroxylation sites is 2. The topological polar surface area (TPSA) is 59.1 Å². The predicted molar refractivity (Wildman–Crippen MR) is 117 cm³/mol. The quantitative estimate of drug-likeness (QED) is 0.654. The molecule has 0 radical (unpaired) electrons. The molecule has 1 heterocycles. The number of rotatable bonds is 6. The minimum absolute atomic E-state index is 0.223. The van der Waals surface area contributed by atoms with Gasteiger partial charge in [0.1, 0.15) is 0 Å². The Bertz CT molecular complexity index is 939. The highest BCUT2D eigenvalue weighted by molar-refractivity contribution is 6.04. The Labute approximate surface area is 177 Å². The monoisotopic (exact) mass is 406 g/mol. The lowest BCUT2D eigenvalue weighted by Crippen LogP contribution is -2.42. The normalized spacial score (nSPS) is 14.1. The largest absolute Gasteiger partial charge is 0.461 e. The number of carbonyl (C=O) groups is 2. The Hall–Kier alpha value is -3.54. The van der Waals surface area contributed by atoms with Gasteiger partial charge < -0.3 is 14.4 Å². The Morgan fingerprint density at radius 2 is 1.03 bits per heavy atom. The van der Waals surface area contributed by atoms with Gasteiger partial charge in [-0.25, -0.2) is 9.59 Å². The lowest BCUT2D eigenvalue weighted by atomic mass is 10.1. The highest BCUT2D eigenvalue weighted by Gasteiger charge is 2.38. The van der Waals surface area contributed by atoms with Crippen molar-refractivity contribution in [1.82, 2.24) is 0 Å². The van der Waals surface area contributed by atoms with Crippen LogP contribution >= 0.6 is 0 Å². The maximum absolute atomic E-state index is 13.1. The number of nitrogens with zero attached hydrogens (tertiary/aromatic N) is 2. The first-order chi connectivity index (χ1) is 14.5. The fourth-order valence-corrected chi connectivity index (χ4v) is 3.58. The lowest BCUT2D eigenvalue weighted by molar-refractivity contribution is -0.139. The summed E-state index contributed by atoms with van der Waals surface area (Å²) < 4.78 is 10.7. The van der Waals surface area contributed by atoms with Gasteiger partial charge in [0.2, 0.25) is 0 Å². The van der Waals surface area contributed by atoms with Crippen LogP contribution in [-0.2, 0) is 19.1 Å². The van der Waals surface area contributed by atoms with E-state index in [1.165, 1.54) is 0 Å². The number of allylic oxidation sites excluding steroid dienone is 2. The first-order valence-electron chi connectivity index (χ1n) is 9.97. The summed E-state index contributed by atoms with van der Waals surface area (Å²) >= 11 is 0. The number of ether oxygens (including phenoxy) is 2. The maximum atomic E-state index is 13.1. The van der Waals surface area contributed by atoms with Gasteiger partial charge in [-0.05, 0) is 52.0 Å². The van der Waals surface area contributed by atoms with E-state index in [0.717, 1.165) is 5.69 Å². The second kappa shape index (κ2) is 9.31. The molecule has 0 saturated carbocycles. The van der Waals surface area contributed by atoms with Crippen molar-refractivity contribution in [2.45, 2.75) is 27.7 Å². The zero-order valence-corrected chi connectivity index (χ0v) is 17.7. The molecule has 0 saturated heterocycles. The molecular weight excluding hydrogens is 380 g/mol. The van der Waals surface area contributed by atoms with Gasteiger partial charge in [-0.2, -0.15) is 0 Å². The summed E-state index contributed by atoms with van der Waals surface area (Å²) in [6, 6.07) is 18.9. The summed E-state index contributed by atoms with van der Waals surface area (Å²) in [4.78, 5) is 29.7. The molecule has 0 fully saturated rings. The van der Waals surface area contributed by atoms with Crippen LogP contribution in [0.5, 0.6) is 0 Å². The van der Waals surface area contributed by atoms with Crippen LogP contribution in [0.2, 0.25) is 0 Å². The summed E-state index contributed by atoms with van der Waals surface area (Å²) in [5.74, 6) is -1.01. The fraction of sp³-hybridized carbons (Fsp3) is 0.250. The molecule has 2 aromatic rings. The Morgan fingerprint density at radius 1 is 0.667 bits per heavy atom. The minimum Gasteiger partial charge on any atom is -0.461 e. The molecule has 0 bridgehead atoms. The van der Waals surface area contributed by atoms with E-state index in [1.54, 1.807) is 18.7 Å². The summed E-state index contributed by atoms with van der Waals surface area (Å²) in [6.45, 7) is 7.65. The smallest absolute Gasteiger partial charge is 0.357 e. The fourth-order valence-electron chi connectivity index (χ4n) is 3.58. The molecule has 3 rings (SSSR count). The molecule has 6 nitrogen and oxygen atoms in total. The van der Waals surface area contributed by atoms with Crippen molar-refractivity contribution in [2.75, 3.05) is 23.0 Å². The van der Waals surface area contributed by atoms with Crippen molar-refractivity contribution in [3.05, 3.63) is 83.5 Å². The minimum atomic E-state index is -0.505.